The van der Waals surface area contributed by atoms with Crippen LogP contribution in [0.25, 0.3) is 5.82 Å². The number of benzene rings is 1. The quantitative estimate of drug-likeness (QED) is 0.585. The van der Waals surface area contributed by atoms with E-state index in [0.29, 0.717) is 11.4 Å². The van der Waals surface area contributed by atoms with Gasteiger partial charge in [-0.1, -0.05) is 6.07 Å². The maximum absolute atomic E-state index is 12.4. The van der Waals surface area contributed by atoms with Gasteiger partial charge >= 0.3 is 5.51 Å². The minimum atomic E-state index is -4.43. The molecule has 0 atom stereocenters. The first-order valence-electron chi connectivity index (χ1n) is 8.37. The molecule has 0 aliphatic heterocycles. The van der Waals surface area contributed by atoms with Crippen LogP contribution in [0.15, 0.2) is 58.5 Å². The molecule has 1 aromatic carbocycles. The van der Waals surface area contributed by atoms with Crippen molar-refractivity contribution in [3.05, 3.63) is 65.6 Å². The highest BCUT2D eigenvalue weighted by Crippen LogP contribution is 2.36. The predicted octanol–water partition coefficient (Wildman–Crippen LogP) is 3.97. The number of aromatic nitrogens is 3. The van der Waals surface area contributed by atoms with E-state index in [1.165, 1.54) is 6.20 Å². The molecular formula is C18H17F3N4O2S2. The third-order valence-electron chi connectivity index (χ3n) is 3.87. The van der Waals surface area contributed by atoms with E-state index in [2.05, 4.69) is 14.8 Å². The average Bonchev–Trinajstić information content (AvgIpc) is 2.98. The molecule has 0 saturated heterocycles. The van der Waals surface area contributed by atoms with E-state index in [1.54, 1.807) is 16.8 Å². The van der Waals surface area contributed by atoms with Gasteiger partial charge in [-0.05, 0) is 67.6 Å². The summed E-state index contributed by atoms with van der Waals surface area (Å²) in [4.78, 5) is 4.10. The van der Waals surface area contributed by atoms with Gasteiger partial charge in [0.2, 0.25) is 10.0 Å². The molecule has 3 aromatic rings. The van der Waals surface area contributed by atoms with Crippen molar-refractivity contribution in [3.63, 3.8) is 0 Å². The molecular weight excluding hydrogens is 425 g/mol. The molecule has 0 saturated carbocycles. The normalized spacial score (nSPS) is 12.3. The fourth-order valence-electron chi connectivity index (χ4n) is 2.59. The molecule has 0 aliphatic carbocycles. The lowest BCUT2D eigenvalue weighted by molar-refractivity contribution is -0.0328. The highest BCUT2D eigenvalue weighted by Gasteiger charge is 2.29. The molecule has 154 valence electrons. The van der Waals surface area contributed by atoms with Crippen molar-refractivity contribution in [2.24, 2.45) is 0 Å². The number of hydrogen-bond donors (Lipinski definition) is 1. The first kappa shape index (κ1) is 21.3. The van der Waals surface area contributed by atoms with Crippen molar-refractivity contribution in [2.75, 3.05) is 0 Å². The molecule has 0 radical (unpaired) electrons. The largest absolute Gasteiger partial charge is 0.446 e. The van der Waals surface area contributed by atoms with Gasteiger partial charge in [-0.25, -0.2) is 22.8 Å². The number of sulfonamides is 1. The number of alkyl halides is 3. The molecule has 2 heterocycles. The Balaban J connectivity index is 1.66. The van der Waals surface area contributed by atoms with Crippen molar-refractivity contribution < 1.29 is 21.6 Å². The van der Waals surface area contributed by atoms with E-state index >= 15 is 0 Å². The number of rotatable bonds is 6. The van der Waals surface area contributed by atoms with Gasteiger partial charge in [-0.15, -0.1) is 0 Å². The highest BCUT2D eigenvalue weighted by molar-refractivity contribution is 8.00. The summed E-state index contributed by atoms with van der Waals surface area (Å²) in [6.45, 7) is 3.77. The lowest BCUT2D eigenvalue weighted by Gasteiger charge is -2.09. The van der Waals surface area contributed by atoms with Crippen molar-refractivity contribution in [2.45, 2.75) is 35.7 Å². The molecule has 0 spiro atoms. The average molecular weight is 442 g/mol. The number of pyridine rings is 1. The molecule has 3 rings (SSSR count). The molecule has 2 aromatic heterocycles. The summed E-state index contributed by atoms with van der Waals surface area (Å²) in [6, 6.07) is 9.90. The summed E-state index contributed by atoms with van der Waals surface area (Å²) in [5, 5.41) is 4.33. The predicted molar refractivity (Wildman–Crippen MR) is 103 cm³/mol. The van der Waals surface area contributed by atoms with Crippen LogP contribution in [0.2, 0.25) is 0 Å². The van der Waals surface area contributed by atoms with Gasteiger partial charge < -0.3 is 0 Å². The van der Waals surface area contributed by atoms with E-state index in [-0.39, 0.29) is 28.1 Å². The van der Waals surface area contributed by atoms with Crippen LogP contribution in [-0.2, 0) is 16.6 Å². The Morgan fingerprint density at radius 1 is 1.10 bits per heavy atom. The fraction of sp³-hybridized carbons (Fsp3) is 0.222. The smallest absolute Gasteiger partial charge is 0.237 e. The molecule has 11 heteroatoms. The minimum absolute atomic E-state index is 0.00815. The summed E-state index contributed by atoms with van der Waals surface area (Å²) in [7, 11) is -3.87. The van der Waals surface area contributed by atoms with E-state index in [9.17, 15) is 21.6 Å². The van der Waals surface area contributed by atoms with Crippen molar-refractivity contribution in [3.8, 4) is 5.82 Å². The van der Waals surface area contributed by atoms with Gasteiger partial charge in [-0.3, -0.25) is 0 Å². The Labute approximate surface area is 170 Å². The van der Waals surface area contributed by atoms with Crippen LogP contribution in [0, 0.1) is 13.8 Å². The monoisotopic (exact) mass is 442 g/mol. The molecule has 1 N–H and O–H groups in total. The zero-order valence-corrected chi connectivity index (χ0v) is 17.1. The SMILES string of the molecule is Cc1cc(C)n(-c2ccc(CNS(=O)(=O)c3ccc(SC(F)(F)F)cc3)cn2)n1. The first-order valence-corrected chi connectivity index (χ1v) is 10.7. The second kappa shape index (κ2) is 8.17. The fourth-order valence-corrected chi connectivity index (χ4v) is 4.15. The maximum Gasteiger partial charge on any atom is 0.446 e. The number of halogens is 3. The van der Waals surface area contributed by atoms with E-state index in [0.717, 1.165) is 35.7 Å². The summed E-state index contributed by atoms with van der Waals surface area (Å²) < 4.78 is 65.9. The maximum atomic E-state index is 12.4. The minimum Gasteiger partial charge on any atom is -0.237 e. The third-order valence-corrected chi connectivity index (χ3v) is 6.03. The van der Waals surface area contributed by atoms with Crippen LogP contribution < -0.4 is 4.72 Å². The Bertz CT molecular complexity index is 1090. The van der Waals surface area contributed by atoms with Crippen LogP contribution in [0.3, 0.4) is 0 Å². The molecule has 29 heavy (non-hydrogen) atoms. The number of thioether (sulfide) groups is 1. The van der Waals surface area contributed by atoms with Gasteiger partial charge in [0.05, 0.1) is 10.6 Å². The van der Waals surface area contributed by atoms with Gasteiger partial charge in [-0.2, -0.15) is 18.3 Å². The summed E-state index contributed by atoms with van der Waals surface area (Å²) in [5.41, 5.74) is -2.01. The summed E-state index contributed by atoms with van der Waals surface area (Å²) in [6.07, 6.45) is 1.54. The van der Waals surface area contributed by atoms with Crippen LogP contribution in [0.4, 0.5) is 13.2 Å². The third kappa shape index (κ3) is 5.58. The molecule has 0 fully saturated rings. The Morgan fingerprint density at radius 3 is 2.31 bits per heavy atom. The Hall–Kier alpha value is -2.37. The standard InChI is InChI=1S/C18H17F3N4O2S2/c1-12-9-13(2)25(24-12)17-8-3-14(10-22-17)11-23-29(26,27)16-6-4-15(5-7-16)28-18(19,20)21/h3-10,23H,11H2,1-2H3. The van der Waals surface area contributed by atoms with Crippen LogP contribution in [-0.4, -0.2) is 28.7 Å². The lowest BCUT2D eigenvalue weighted by atomic mass is 10.3. The number of nitrogens with zero attached hydrogens (tertiary/aromatic N) is 3. The Morgan fingerprint density at radius 2 is 1.79 bits per heavy atom. The number of hydrogen-bond acceptors (Lipinski definition) is 5. The van der Waals surface area contributed by atoms with Gasteiger partial charge in [0, 0.05) is 23.3 Å². The van der Waals surface area contributed by atoms with Gasteiger partial charge in [0.1, 0.15) is 0 Å². The van der Waals surface area contributed by atoms with Crippen molar-refractivity contribution in [1.29, 1.82) is 0 Å². The Kier molecular flexibility index (Phi) is 6.01. The zero-order chi connectivity index (χ0) is 21.2. The second-order valence-electron chi connectivity index (χ2n) is 6.21. The van der Waals surface area contributed by atoms with E-state index < -0.39 is 15.5 Å². The zero-order valence-electron chi connectivity index (χ0n) is 15.4. The van der Waals surface area contributed by atoms with Crippen LogP contribution in [0.5, 0.6) is 0 Å². The van der Waals surface area contributed by atoms with Crippen LogP contribution in [0.1, 0.15) is 17.0 Å². The van der Waals surface area contributed by atoms with Crippen molar-refractivity contribution in [1.82, 2.24) is 19.5 Å². The number of aryl methyl sites for hydroxylation is 2. The molecule has 0 amide bonds. The molecule has 0 aliphatic rings. The van der Waals surface area contributed by atoms with Crippen molar-refractivity contribution >= 4 is 21.8 Å². The molecule has 0 bridgehead atoms. The summed E-state index contributed by atoms with van der Waals surface area (Å²) in [5.74, 6) is 0.611. The molecule has 6 nitrogen and oxygen atoms in total. The van der Waals surface area contributed by atoms with Crippen LogP contribution >= 0.6 is 11.8 Å². The van der Waals surface area contributed by atoms with Gasteiger partial charge in [0.15, 0.2) is 5.82 Å². The summed E-state index contributed by atoms with van der Waals surface area (Å²) >= 11 is -0.298. The number of nitrogens with one attached hydrogen (secondary N) is 1. The first-order chi connectivity index (χ1) is 13.5. The molecule has 0 unspecified atom stereocenters. The topological polar surface area (TPSA) is 76.9 Å². The van der Waals surface area contributed by atoms with E-state index in [1.807, 2.05) is 19.9 Å². The highest BCUT2D eigenvalue weighted by atomic mass is 32.2. The van der Waals surface area contributed by atoms with E-state index in [4.69, 9.17) is 0 Å². The second-order valence-corrected chi connectivity index (χ2v) is 9.11. The van der Waals surface area contributed by atoms with Gasteiger partial charge in [0.25, 0.3) is 0 Å². The lowest BCUT2D eigenvalue weighted by Crippen LogP contribution is -2.23.